The number of amides is 1. The molecule has 148 valence electrons. The highest BCUT2D eigenvalue weighted by atomic mass is 32.1. The van der Waals surface area contributed by atoms with Crippen LogP contribution in [0, 0.1) is 10.1 Å². The first-order valence-electron chi connectivity index (χ1n) is 8.52. The third-order valence-electron chi connectivity index (χ3n) is 3.78. The van der Waals surface area contributed by atoms with Gasteiger partial charge in [0.2, 0.25) is 5.91 Å². The Morgan fingerprint density at radius 2 is 2.21 bits per heavy atom. The Balaban J connectivity index is 1.78. The van der Waals surface area contributed by atoms with E-state index >= 15 is 0 Å². The van der Waals surface area contributed by atoms with Gasteiger partial charge in [0.1, 0.15) is 12.3 Å². The number of hydrogen-bond acceptors (Lipinski definition) is 9. The van der Waals surface area contributed by atoms with Crippen molar-refractivity contribution in [1.29, 1.82) is 0 Å². The number of rotatable bonds is 8. The zero-order valence-corrected chi connectivity index (χ0v) is 15.9. The van der Waals surface area contributed by atoms with Gasteiger partial charge in [0, 0.05) is 18.9 Å². The summed E-state index contributed by atoms with van der Waals surface area (Å²) >= 11 is 0.895. The topological polar surface area (TPSA) is 136 Å². The van der Waals surface area contributed by atoms with Crippen molar-refractivity contribution in [3.05, 3.63) is 40.1 Å². The molecular weight excluding hydrogens is 388 g/mol. The number of nitrogens with one attached hydrogen (secondary N) is 2. The zero-order chi connectivity index (χ0) is 20.3. The normalized spacial score (nSPS) is 17.6. The second-order valence-corrected chi connectivity index (χ2v) is 7.01. The van der Waals surface area contributed by atoms with Crippen LogP contribution in [-0.4, -0.2) is 28.0 Å². The molecule has 3 rings (SSSR count). The van der Waals surface area contributed by atoms with Crippen LogP contribution in [0.2, 0.25) is 0 Å². The number of carbonyl (C=O) groups excluding carboxylic acids is 2. The quantitative estimate of drug-likeness (QED) is 0.224. The number of nitro groups is 1. The average molecular weight is 406 g/mol. The molecule has 2 heterocycles. The maximum absolute atomic E-state index is 12.0. The molecule has 2 N–H and O–H groups in total. The number of para-hydroxylation sites is 1. The summed E-state index contributed by atoms with van der Waals surface area (Å²) in [5, 5.41) is 16.7. The third kappa shape index (κ3) is 4.61. The Morgan fingerprint density at radius 3 is 2.86 bits per heavy atom. The first-order valence-corrected chi connectivity index (χ1v) is 9.34. The van der Waals surface area contributed by atoms with E-state index in [1.165, 1.54) is 13.1 Å². The number of anilines is 2. The molecule has 1 saturated heterocycles. The van der Waals surface area contributed by atoms with Gasteiger partial charge < -0.3 is 20.1 Å². The van der Waals surface area contributed by atoms with E-state index in [0.29, 0.717) is 29.2 Å². The number of thiazole rings is 1. The second kappa shape index (κ2) is 8.31. The number of ether oxygens (including phenoxy) is 2. The number of esters is 1. The van der Waals surface area contributed by atoms with Crippen LogP contribution in [-0.2, 0) is 14.3 Å². The Morgan fingerprint density at radius 1 is 1.43 bits per heavy atom. The molecule has 1 aromatic carbocycles. The molecule has 2 aromatic rings. The zero-order valence-electron chi connectivity index (χ0n) is 15.1. The standard InChI is InChI=1S/C17H18N4O6S/c1-3-5-12(23)19-11-7-4-6-10(14(11)26-9(2)22)15-16(27-15)20-17-18-8-13(28-17)21(24)25/h4,6-8,15-16H,3,5H2,1-2H3,(H,18,20)(H,19,23). The van der Waals surface area contributed by atoms with E-state index in [2.05, 4.69) is 15.6 Å². The van der Waals surface area contributed by atoms with Crippen molar-refractivity contribution in [1.82, 2.24) is 4.98 Å². The van der Waals surface area contributed by atoms with Gasteiger partial charge in [-0.3, -0.25) is 19.7 Å². The van der Waals surface area contributed by atoms with Gasteiger partial charge in [-0.05, 0) is 23.8 Å². The van der Waals surface area contributed by atoms with Gasteiger partial charge in [0.05, 0.1) is 10.6 Å². The molecule has 1 aromatic heterocycles. The van der Waals surface area contributed by atoms with Gasteiger partial charge >= 0.3 is 11.0 Å². The Labute approximate surface area is 164 Å². The molecule has 0 spiro atoms. The van der Waals surface area contributed by atoms with Crippen LogP contribution in [0.25, 0.3) is 0 Å². The predicted octanol–water partition coefficient (Wildman–Crippen LogP) is 3.22. The smallest absolute Gasteiger partial charge is 0.345 e. The summed E-state index contributed by atoms with van der Waals surface area (Å²) in [5.41, 5.74) is 0.957. The Hall–Kier alpha value is -3.05. The lowest BCUT2D eigenvalue weighted by molar-refractivity contribution is -0.380. The van der Waals surface area contributed by atoms with Crippen molar-refractivity contribution >= 4 is 39.0 Å². The number of nitrogens with zero attached hydrogens (tertiary/aromatic N) is 2. The number of benzene rings is 1. The Kier molecular flexibility index (Phi) is 5.85. The van der Waals surface area contributed by atoms with Crippen LogP contribution < -0.4 is 15.4 Å². The molecule has 2 atom stereocenters. The van der Waals surface area contributed by atoms with Gasteiger partial charge in [-0.25, -0.2) is 4.98 Å². The van der Waals surface area contributed by atoms with E-state index in [0.717, 1.165) is 11.3 Å². The predicted molar refractivity (Wildman–Crippen MR) is 101 cm³/mol. The number of hydrogen-bond donors (Lipinski definition) is 2. The number of epoxide rings is 1. The van der Waals surface area contributed by atoms with Crippen LogP contribution >= 0.6 is 11.3 Å². The van der Waals surface area contributed by atoms with Crippen molar-refractivity contribution in [3.8, 4) is 5.75 Å². The first-order chi connectivity index (χ1) is 13.4. The van der Waals surface area contributed by atoms with Gasteiger partial charge in [-0.15, -0.1) is 0 Å². The van der Waals surface area contributed by atoms with Crippen LogP contribution in [0.5, 0.6) is 5.75 Å². The number of carbonyl (C=O) groups is 2. The summed E-state index contributed by atoms with van der Waals surface area (Å²) in [4.78, 5) is 37.7. The average Bonchev–Trinajstić information content (AvgIpc) is 3.20. The van der Waals surface area contributed by atoms with Crippen molar-refractivity contribution in [2.45, 2.75) is 39.0 Å². The molecular formula is C17H18N4O6S. The minimum atomic E-state index is -0.529. The lowest BCUT2D eigenvalue weighted by Crippen LogP contribution is -2.14. The van der Waals surface area contributed by atoms with Crippen LogP contribution in [0.1, 0.15) is 38.4 Å². The summed E-state index contributed by atoms with van der Waals surface area (Å²) in [7, 11) is 0. The van der Waals surface area contributed by atoms with Crippen molar-refractivity contribution < 1.29 is 24.0 Å². The van der Waals surface area contributed by atoms with Gasteiger partial charge in [-0.1, -0.05) is 19.1 Å². The highest BCUT2D eigenvalue weighted by Crippen LogP contribution is 2.46. The number of aromatic nitrogens is 1. The van der Waals surface area contributed by atoms with E-state index in [4.69, 9.17) is 9.47 Å². The van der Waals surface area contributed by atoms with E-state index < -0.39 is 23.2 Å². The molecule has 1 aliphatic rings. The molecule has 11 heteroatoms. The van der Waals surface area contributed by atoms with Crippen molar-refractivity contribution in [3.63, 3.8) is 0 Å². The van der Waals surface area contributed by atoms with E-state index in [1.807, 2.05) is 6.92 Å². The fourth-order valence-electron chi connectivity index (χ4n) is 2.57. The van der Waals surface area contributed by atoms with Crippen LogP contribution in [0.3, 0.4) is 0 Å². The van der Waals surface area contributed by atoms with Gasteiger partial charge in [0.15, 0.2) is 17.1 Å². The molecule has 1 amide bonds. The lowest BCUT2D eigenvalue weighted by Gasteiger charge is -2.13. The summed E-state index contributed by atoms with van der Waals surface area (Å²) in [6, 6.07) is 5.09. The summed E-state index contributed by atoms with van der Waals surface area (Å²) < 4.78 is 10.9. The molecule has 10 nitrogen and oxygen atoms in total. The van der Waals surface area contributed by atoms with E-state index in [-0.39, 0.29) is 16.7 Å². The summed E-state index contributed by atoms with van der Waals surface area (Å²) in [6.45, 7) is 3.16. The van der Waals surface area contributed by atoms with Crippen LogP contribution in [0.4, 0.5) is 15.8 Å². The molecule has 0 bridgehead atoms. The largest absolute Gasteiger partial charge is 0.424 e. The molecule has 0 radical (unpaired) electrons. The highest BCUT2D eigenvalue weighted by Gasteiger charge is 2.43. The molecule has 0 saturated carbocycles. The Bertz CT molecular complexity index is 915. The maximum Gasteiger partial charge on any atom is 0.345 e. The molecule has 2 unspecified atom stereocenters. The minimum Gasteiger partial charge on any atom is -0.424 e. The minimum absolute atomic E-state index is 0.0825. The molecule has 28 heavy (non-hydrogen) atoms. The third-order valence-corrected chi connectivity index (χ3v) is 4.66. The lowest BCUT2D eigenvalue weighted by atomic mass is 10.1. The second-order valence-electron chi connectivity index (χ2n) is 6.00. The van der Waals surface area contributed by atoms with E-state index in [1.54, 1.807) is 18.2 Å². The monoisotopic (exact) mass is 406 g/mol. The van der Waals surface area contributed by atoms with E-state index in [9.17, 15) is 19.7 Å². The summed E-state index contributed by atoms with van der Waals surface area (Å²) in [6.07, 6.45) is 1.25. The van der Waals surface area contributed by atoms with Gasteiger partial charge in [0.25, 0.3) is 0 Å². The van der Waals surface area contributed by atoms with Crippen molar-refractivity contribution in [2.24, 2.45) is 0 Å². The van der Waals surface area contributed by atoms with Gasteiger partial charge in [-0.2, -0.15) is 0 Å². The van der Waals surface area contributed by atoms with Crippen LogP contribution in [0.15, 0.2) is 24.4 Å². The fraction of sp³-hybridized carbons (Fsp3) is 0.353. The SMILES string of the molecule is CCCC(=O)Nc1cccc(C2OC2Nc2ncc([N+](=O)[O-])s2)c1OC(C)=O. The summed E-state index contributed by atoms with van der Waals surface area (Å²) in [5.74, 6) is -0.493. The first kappa shape index (κ1) is 19.7. The van der Waals surface area contributed by atoms with Crippen molar-refractivity contribution in [2.75, 3.05) is 10.6 Å². The fourth-order valence-corrected chi connectivity index (χ4v) is 3.23. The maximum atomic E-state index is 12.0. The molecule has 0 aliphatic carbocycles. The molecule has 1 fully saturated rings. The molecule has 1 aliphatic heterocycles. The highest BCUT2D eigenvalue weighted by molar-refractivity contribution is 7.18.